The fraction of sp³-hybridized carbons (Fsp3) is 0.250. The van der Waals surface area contributed by atoms with Gasteiger partial charge in [-0.15, -0.1) is 0 Å². The van der Waals surface area contributed by atoms with E-state index in [1.807, 2.05) is 74.8 Å². The van der Waals surface area contributed by atoms with Crippen LogP contribution in [0.15, 0.2) is 96.1 Å². The van der Waals surface area contributed by atoms with E-state index >= 15 is 0 Å². The molecule has 3 aromatic rings. The minimum Gasteiger partial charge on any atom is -0.378 e. The third-order valence-electron chi connectivity index (χ3n) is 7.75. The van der Waals surface area contributed by atoms with E-state index in [1.165, 1.54) is 0 Å². The van der Waals surface area contributed by atoms with Gasteiger partial charge in [0.2, 0.25) is 0 Å². The molecule has 4 N–H and O–H groups in total. The molecule has 1 fully saturated rings. The summed E-state index contributed by atoms with van der Waals surface area (Å²) < 4.78 is 5.35. The summed E-state index contributed by atoms with van der Waals surface area (Å²) in [6.45, 7) is 6.86. The van der Waals surface area contributed by atoms with Crippen molar-refractivity contribution < 1.29 is 19.2 Å². The smallest absolute Gasteiger partial charge is 0.319 e. The number of aliphatic imine (C=N–C) groups is 1. The lowest BCUT2D eigenvalue weighted by Gasteiger charge is -2.31. The van der Waals surface area contributed by atoms with Gasteiger partial charge in [-0.25, -0.2) is 14.7 Å². The van der Waals surface area contributed by atoms with E-state index in [1.54, 1.807) is 29.4 Å². The zero-order valence-electron chi connectivity index (χ0n) is 24.2. The standard InChI is InChI=1S/C32H34N8O3/c1-22-26(37-32(42)35-23(2)24-7-4-3-5-8-24)9-6-10-28(22)40-20-27(30-33-13-14-39(30)21-40)36-29-12-11-25(19-34-29)31(41)38-15-17-43-18-16-38/h3-14,19-20,23H,15-18,21H2,1-2H3,(H,34,36)(H2,35,37,42)/p+1/t23-/m0/s1. The maximum absolute atomic E-state index is 12.9. The van der Waals surface area contributed by atoms with E-state index in [0.29, 0.717) is 44.4 Å². The van der Waals surface area contributed by atoms with Crippen molar-refractivity contribution in [2.24, 2.45) is 4.99 Å². The molecule has 1 saturated heterocycles. The number of ether oxygens (including phenoxy) is 1. The highest BCUT2D eigenvalue weighted by molar-refractivity contribution is 5.98. The largest absolute Gasteiger partial charge is 0.378 e. The zero-order valence-corrected chi connectivity index (χ0v) is 24.2. The summed E-state index contributed by atoms with van der Waals surface area (Å²) in [5, 5.41) is 9.43. The summed E-state index contributed by atoms with van der Waals surface area (Å²) in [5.74, 6) is 1.42. The molecule has 2 atom stereocenters. The number of rotatable bonds is 7. The van der Waals surface area contributed by atoms with E-state index in [9.17, 15) is 9.59 Å². The number of carbonyl (C=O) groups excluding carboxylic acids is 2. The number of aromatic nitrogens is 1. The highest BCUT2D eigenvalue weighted by atomic mass is 16.5. The first-order chi connectivity index (χ1) is 21.0. The molecular weight excluding hydrogens is 544 g/mol. The molecule has 0 saturated carbocycles. The van der Waals surface area contributed by atoms with E-state index in [-0.39, 0.29) is 18.0 Å². The van der Waals surface area contributed by atoms with Crippen molar-refractivity contribution in [3.63, 3.8) is 0 Å². The second-order valence-corrected chi connectivity index (χ2v) is 10.6. The first-order valence-corrected chi connectivity index (χ1v) is 14.4. The van der Waals surface area contributed by atoms with Crippen LogP contribution >= 0.6 is 0 Å². The van der Waals surface area contributed by atoms with Crippen LogP contribution in [0.1, 0.15) is 34.5 Å². The minimum absolute atomic E-state index is 0.0439. The Hall–Kier alpha value is -5.00. The predicted molar refractivity (Wildman–Crippen MR) is 166 cm³/mol. The number of benzene rings is 2. The number of amides is 3. The molecule has 3 aliphatic rings. The number of urea groups is 1. The number of nitrogens with one attached hydrogen (secondary N) is 4. The van der Waals surface area contributed by atoms with Gasteiger partial charge in [0.15, 0.2) is 6.67 Å². The number of anilines is 3. The topological polar surface area (TPSA) is 116 Å². The summed E-state index contributed by atoms with van der Waals surface area (Å²) in [7, 11) is 0. The molecule has 43 heavy (non-hydrogen) atoms. The summed E-state index contributed by atoms with van der Waals surface area (Å²) in [6, 6.07) is 18.9. The number of fused-ring (bicyclic) bond motifs is 1. The minimum atomic E-state index is -0.266. The average Bonchev–Trinajstić information content (AvgIpc) is 3.52. The highest BCUT2D eigenvalue weighted by Gasteiger charge is 2.32. The Kier molecular flexibility index (Phi) is 8.16. The molecule has 0 aliphatic carbocycles. The molecule has 11 nitrogen and oxygen atoms in total. The number of nitrogens with zero attached hydrogens (tertiary/aromatic N) is 4. The molecule has 11 heteroatoms. The quantitative estimate of drug-likeness (QED) is 0.342. The monoisotopic (exact) mass is 579 g/mol. The molecule has 6 rings (SSSR count). The second kappa shape index (κ2) is 12.5. The fourth-order valence-corrected chi connectivity index (χ4v) is 5.36. The lowest BCUT2D eigenvalue weighted by atomic mass is 10.1. The van der Waals surface area contributed by atoms with Gasteiger partial charge in [0.25, 0.3) is 11.7 Å². The van der Waals surface area contributed by atoms with E-state index < -0.39 is 0 Å². The van der Waals surface area contributed by atoms with Crippen LogP contribution in [0.5, 0.6) is 0 Å². The third-order valence-corrected chi connectivity index (χ3v) is 7.75. The van der Waals surface area contributed by atoms with E-state index in [4.69, 9.17) is 4.74 Å². The number of hydrogen-bond donors (Lipinski definition) is 4. The van der Waals surface area contributed by atoms with Gasteiger partial charge in [-0.05, 0) is 49.2 Å². The molecule has 3 aliphatic heterocycles. The Bertz CT molecular complexity index is 1580. The first-order valence-electron chi connectivity index (χ1n) is 14.4. The van der Waals surface area contributed by atoms with Gasteiger partial charge in [0.1, 0.15) is 17.7 Å². The lowest BCUT2D eigenvalue weighted by molar-refractivity contribution is -0.743. The van der Waals surface area contributed by atoms with Crippen molar-refractivity contribution in [2.75, 3.05) is 48.5 Å². The number of quaternary nitrogens is 1. The van der Waals surface area contributed by atoms with Crippen LogP contribution in [0.2, 0.25) is 0 Å². The van der Waals surface area contributed by atoms with Gasteiger partial charge in [0.05, 0.1) is 36.7 Å². The van der Waals surface area contributed by atoms with Crippen molar-refractivity contribution in [1.29, 1.82) is 0 Å². The molecule has 0 spiro atoms. The van der Waals surface area contributed by atoms with Crippen LogP contribution in [-0.2, 0) is 4.74 Å². The van der Waals surface area contributed by atoms with Gasteiger partial charge in [-0.3, -0.25) is 9.69 Å². The first kappa shape index (κ1) is 28.1. The molecule has 2 aromatic carbocycles. The zero-order chi connectivity index (χ0) is 29.8. The number of morpholine rings is 1. The van der Waals surface area contributed by atoms with Crippen molar-refractivity contribution in [2.45, 2.75) is 19.9 Å². The second-order valence-electron chi connectivity index (χ2n) is 10.6. The SMILES string of the molecule is Cc1c(NC(=O)N[C@@H](C)c2ccccc2)cccc1N1C=C(Nc2ccc(C(=O)N3CCOCC3)cn2)C2=NC=C[NH+]2C1. The van der Waals surface area contributed by atoms with Crippen LogP contribution in [0.4, 0.5) is 22.0 Å². The number of carbonyl (C=O) groups is 2. The van der Waals surface area contributed by atoms with Crippen LogP contribution in [-0.4, -0.2) is 60.6 Å². The van der Waals surface area contributed by atoms with Gasteiger partial charge in [0, 0.05) is 31.2 Å². The Morgan fingerprint density at radius 1 is 1.02 bits per heavy atom. The third kappa shape index (κ3) is 6.27. The van der Waals surface area contributed by atoms with Crippen molar-refractivity contribution in [3.8, 4) is 0 Å². The Labute approximate surface area is 250 Å². The van der Waals surface area contributed by atoms with Crippen molar-refractivity contribution in [3.05, 3.63) is 108 Å². The average molecular weight is 580 g/mol. The van der Waals surface area contributed by atoms with Crippen LogP contribution in [0.3, 0.4) is 0 Å². The number of pyridine rings is 1. The maximum Gasteiger partial charge on any atom is 0.319 e. The summed E-state index contributed by atoms with van der Waals surface area (Å²) in [6.07, 6.45) is 7.41. The van der Waals surface area contributed by atoms with Gasteiger partial charge >= 0.3 is 6.03 Å². The maximum atomic E-state index is 12.9. The fourth-order valence-electron chi connectivity index (χ4n) is 5.36. The predicted octanol–water partition coefficient (Wildman–Crippen LogP) is 3.24. The molecule has 1 aromatic heterocycles. The molecule has 3 amide bonds. The van der Waals surface area contributed by atoms with Gasteiger partial charge in [-0.1, -0.05) is 36.4 Å². The normalized spacial score (nSPS) is 18.3. The number of amidine groups is 1. The van der Waals surface area contributed by atoms with Gasteiger partial charge < -0.3 is 25.6 Å². The molecule has 0 bridgehead atoms. The van der Waals surface area contributed by atoms with Gasteiger partial charge in [-0.2, -0.15) is 4.99 Å². The van der Waals surface area contributed by atoms with E-state index in [0.717, 1.165) is 38.9 Å². The summed E-state index contributed by atoms with van der Waals surface area (Å²) in [5.41, 5.74) is 4.99. The Morgan fingerprint density at radius 2 is 1.84 bits per heavy atom. The molecule has 1 unspecified atom stereocenters. The van der Waals surface area contributed by atoms with Crippen molar-refractivity contribution in [1.82, 2.24) is 15.2 Å². The van der Waals surface area contributed by atoms with Crippen LogP contribution in [0, 0.1) is 6.92 Å². The van der Waals surface area contributed by atoms with E-state index in [2.05, 4.69) is 30.8 Å². The molecule has 220 valence electrons. The Morgan fingerprint density at radius 3 is 2.60 bits per heavy atom. The Balaban J connectivity index is 1.17. The van der Waals surface area contributed by atoms with Crippen LogP contribution in [0.25, 0.3) is 0 Å². The van der Waals surface area contributed by atoms with Crippen LogP contribution < -0.4 is 25.8 Å². The molecule has 0 radical (unpaired) electrons. The summed E-state index contributed by atoms with van der Waals surface area (Å²) in [4.78, 5) is 39.8. The highest BCUT2D eigenvalue weighted by Crippen LogP contribution is 2.28. The summed E-state index contributed by atoms with van der Waals surface area (Å²) >= 11 is 0. The number of hydrogen-bond acceptors (Lipinski definition) is 7. The van der Waals surface area contributed by atoms with Crippen molar-refractivity contribution >= 4 is 35.0 Å². The molecular formula is C32H35N8O3+. The lowest BCUT2D eigenvalue weighted by Crippen LogP contribution is -3.12. The molecule has 4 heterocycles.